The lowest BCUT2D eigenvalue weighted by Gasteiger charge is -2.28. The summed E-state index contributed by atoms with van der Waals surface area (Å²) >= 11 is 0. The van der Waals surface area contributed by atoms with Crippen molar-refractivity contribution in [3.63, 3.8) is 0 Å². The van der Waals surface area contributed by atoms with E-state index in [0.29, 0.717) is 19.8 Å². The van der Waals surface area contributed by atoms with Crippen LogP contribution >= 0.6 is 0 Å². The lowest BCUT2D eigenvalue weighted by molar-refractivity contribution is -0.126. The minimum atomic E-state index is -0.548. The van der Waals surface area contributed by atoms with E-state index in [9.17, 15) is 9.18 Å². The summed E-state index contributed by atoms with van der Waals surface area (Å²) < 4.78 is 18.8. The van der Waals surface area contributed by atoms with Crippen LogP contribution in [0.4, 0.5) is 4.39 Å². The van der Waals surface area contributed by atoms with Gasteiger partial charge in [-0.15, -0.1) is 0 Å². The first-order chi connectivity index (χ1) is 10.2. The molecule has 0 aliphatic heterocycles. The van der Waals surface area contributed by atoms with Crippen molar-refractivity contribution in [3.05, 3.63) is 35.6 Å². The molecule has 1 aliphatic carbocycles. The van der Waals surface area contributed by atoms with Crippen LogP contribution in [0.3, 0.4) is 0 Å². The van der Waals surface area contributed by atoms with Gasteiger partial charge in [-0.1, -0.05) is 25.0 Å². The van der Waals surface area contributed by atoms with E-state index < -0.39 is 5.41 Å². The third kappa shape index (κ3) is 3.82. The van der Waals surface area contributed by atoms with Gasteiger partial charge < -0.3 is 10.1 Å². The number of amides is 1. The van der Waals surface area contributed by atoms with Gasteiger partial charge in [0.2, 0.25) is 5.91 Å². The Balaban J connectivity index is 2.02. The van der Waals surface area contributed by atoms with Crippen LogP contribution in [0.2, 0.25) is 0 Å². The Morgan fingerprint density at radius 2 is 2.14 bits per heavy atom. The summed E-state index contributed by atoms with van der Waals surface area (Å²) in [5, 5.41) is 3.00. The van der Waals surface area contributed by atoms with Crippen molar-refractivity contribution >= 4 is 5.91 Å². The highest BCUT2D eigenvalue weighted by molar-refractivity contribution is 5.88. The van der Waals surface area contributed by atoms with E-state index in [1.54, 1.807) is 6.07 Å². The maximum absolute atomic E-state index is 13.5. The molecule has 1 aliphatic rings. The van der Waals surface area contributed by atoms with Crippen LogP contribution < -0.4 is 5.32 Å². The van der Waals surface area contributed by atoms with Crippen LogP contribution in [0.1, 0.15) is 44.6 Å². The number of halogens is 1. The summed E-state index contributed by atoms with van der Waals surface area (Å²) in [4.78, 5) is 12.6. The van der Waals surface area contributed by atoms with Gasteiger partial charge in [-0.05, 0) is 43.9 Å². The number of carbonyl (C=O) groups is 1. The summed E-state index contributed by atoms with van der Waals surface area (Å²) in [5.74, 6) is -0.245. The zero-order chi connectivity index (χ0) is 15.1. The molecule has 1 fully saturated rings. The topological polar surface area (TPSA) is 38.3 Å². The smallest absolute Gasteiger partial charge is 0.230 e. The molecule has 1 N–H and O–H groups in total. The number of hydrogen-bond acceptors (Lipinski definition) is 2. The molecule has 0 radical (unpaired) electrons. The standard InChI is InChI=1S/C17H24FNO2/c1-2-21-12-6-11-19-16(20)17(9-3-4-10-17)14-7-5-8-15(18)13-14/h5,7-8,13H,2-4,6,9-12H2,1H3,(H,19,20). The van der Waals surface area contributed by atoms with Crippen LogP contribution in [0, 0.1) is 5.82 Å². The monoisotopic (exact) mass is 293 g/mol. The summed E-state index contributed by atoms with van der Waals surface area (Å²) in [5.41, 5.74) is 0.260. The predicted molar refractivity (Wildman–Crippen MR) is 80.7 cm³/mol. The fourth-order valence-electron chi connectivity index (χ4n) is 3.10. The van der Waals surface area contributed by atoms with Crippen LogP contribution in [-0.4, -0.2) is 25.7 Å². The van der Waals surface area contributed by atoms with E-state index in [2.05, 4.69) is 5.32 Å². The quantitative estimate of drug-likeness (QED) is 0.784. The van der Waals surface area contributed by atoms with Crippen LogP contribution in [0.25, 0.3) is 0 Å². The molecular formula is C17H24FNO2. The van der Waals surface area contributed by atoms with Crippen LogP contribution in [0.5, 0.6) is 0 Å². The minimum absolute atomic E-state index is 0.0297. The van der Waals surface area contributed by atoms with E-state index in [0.717, 1.165) is 37.7 Å². The fourth-order valence-corrected chi connectivity index (χ4v) is 3.10. The molecule has 116 valence electrons. The van der Waals surface area contributed by atoms with Gasteiger partial charge in [-0.25, -0.2) is 4.39 Å². The molecular weight excluding hydrogens is 269 g/mol. The van der Waals surface area contributed by atoms with Crippen molar-refractivity contribution in [1.82, 2.24) is 5.32 Å². The lowest BCUT2D eigenvalue weighted by Crippen LogP contribution is -2.43. The Morgan fingerprint density at radius 3 is 2.81 bits per heavy atom. The average Bonchev–Trinajstić information content (AvgIpc) is 2.98. The third-order valence-corrected chi connectivity index (χ3v) is 4.22. The highest BCUT2D eigenvalue weighted by Crippen LogP contribution is 2.41. The second-order valence-electron chi connectivity index (χ2n) is 5.61. The van der Waals surface area contributed by atoms with Crippen molar-refractivity contribution < 1.29 is 13.9 Å². The van der Waals surface area contributed by atoms with Gasteiger partial charge in [0, 0.05) is 19.8 Å². The van der Waals surface area contributed by atoms with Gasteiger partial charge in [0.1, 0.15) is 5.82 Å². The van der Waals surface area contributed by atoms with E-state index in [4.69, 9.17) is 4.74 Å². The highest BCUT2D eigenvalue weighted by Gasteiger charge is 2.42. The van der Waals surface area contributed by atoms with Gasteiger partial charge in [0.25, 0.3) is 0 Å². The number of benzene rings is 1. The Kier molecular flexibility index (Phi) is 5.74. The van der Waals surface area contributed by atoms with Crippen molar-refractivity contribution in [1.29, 1.82) is 0 Å². The zero-order valence-electron chi connectivity index (χ0n) is 12.7. The number of rotatable bonds is 7. The van der Waals surface area contributed by atoms with Crippen molar-refractivity contribution in [2.24, 2.45) is 0 Å². The predicted octanol–water partition coefficient (Wildman–Crippen LogP) is 3.18. The SMILES string of the molecule is CCOCCCNC(=O)C1(c2cccc(F)c2)CCCC1. The zero-order valence-corrected chi connectivity index (χ0v) is 12.7. The molecule has 0 saturated heterocycles. The van der Waals surface area contributed by atoms with Gasteiger partial charge >= 0.3 is 0 Å². The summed E-state index contributed by atoms with van der Waals surface area (Å²) in [6, 6.07) is 6.48. The number of hydrogen-bond donors (Lipinski definition) is 1. The van der Waals surface area contributed by atoms with E-state index in [1.807, 2.05) is 13.0 Å². The molecule has 0 spiro atoms. The Hall–Kier alpha value is -1.42. The first-order valence-corrected chi connectivity index (χ1v) is 7.81. The lowest BCUT2D eigenvalue weighted by atomic mass is 9.78. The molecule has 0 unspecified atom stereocenters. The van der Waals surface area contributed by atoms with Crippen molar-refractivity contribution in [2.45, 2.75) is 44.4 Å². The third-order valence-electron chi connectivity index (χ3n) is 4.22. The Bertz CT molecular complexity index is 470. The molecule has 0 atom stereocenters. The van der Waals surface area contributed by atoms with E-state index in [-0.39, 0.29) is 11.7 Å². The summed E-state index contributed by atoms with van der Waals surface area (Å²) in [7, 11) is 0. The normalized spacial score (nSPS) is 16.9. The first-order valence-electron chi connectivity index (χ1n) is 7.81. The molecule has 3 nitrogen and oxygen atoms in total. The average molecular weight is 293 g/mol. The molecule has 2 rings (SSSR count). The fraction of sp³-hybridized carbons (Fsp3) is 0.588. The first kappa shape index (κ1) is 16.0. The number of carbonyl (C=O) groups excluding carboxylic acids is 1. The molecule has 1 aromatic carbocycles. The molecule has 1 saturated carbocycles. The summed E-state index contributed by atoms with van der Waals surface area (Å²) in [6.45, 7) is 3.91. The number of nitrogens with one attached hydrogen (secondary N) is 1. The second kappa shape index (κ2) is 7.55. The van der Waals surface area contributed by atoms with Crippen LogP contribution in [0.15, 0.2) is 24.3 Å². The minimum Gasteiger partial charge on any atom is -0.382 e. The van der Waals surface area contributed by atoms with Crippen molar-refractivity contribution in [2.75, 3.05) is 19.8 Å². The molecule has 0 bridgehead atoms. The van der Waals surface area contributed by atoms with Gasteiger partial charge in [-0.2, -0.15) is 0 Å². The maximum Gasteiger partial charge on any atom is 0.230 e. The van der Waals surface area contributed by atoms with Gasteiger partial charge in [-0.3, -0.25) is 4.79 Å². The molecule has 0 aromatic heterocycles. The second-order valence-corrected chi connectivity index (χ2v) is 5.61. The highest BCUT2D eigenvalue weighted by atomic mass is 19.1. The van der Waals surface area contributed by atoms with E-state index in [1.165, 1.54) is 12.1 Å². The molecule has 4 heteroatoms. The summed E-state index contributed by atoms with van der Waals surface area (Å²) in [6.07, 6.45) is 4.44. The van der Waals surface area contributed by atoms with Gasteiger partial charge in [0.15, 0.2) is 0 Å². The molecule has 0 heterocycles. The van der Waals surface area contributed by atoms with E-state index >= 15 is 0 Å². The largest absolute Gasteiger partial charge is 0.382 e. The maximum atomic E-state index is 13.5. The Labute approximate surface area is 125 Å². The Morgan fingerprint density at radius 1 is 1.38 bits per heavy atom. The molecule has 1 amide bonds. The van der Waals surface area contributed by atoms with Gasteiger partial charge in [0.05, 0.1) is 5.41 Å². The number of ether oxygens (including phenoxy) is 1. The molecule has 21 heavy (non-hydrogen) atoms. The molecule has 1 aromatic rings. The van der Waals surface area contributed by atoms with Crippen LogP contribution in [-0.2, 0) is 14.9 Å². The van der Waals surface area contributed by atoms with Crippen molar-refractivity contribution in [3.8, 4) is 0 Å².